The second kappa shape index (κ2) is 5.37. The minimum absolute atomic E-state index is 0.748. The average Bonchev–Trinajstić information content (AvgIpc) is 2.85. The van der Waals surface area contributed by atoms with Gasteiger partial charge in [0, 0.05) is 18.3 Å². The molecular weight excluding hydrogens is 246 g/mol. The van der Waals surface area contributed by atoms with Crippen LogP contribution in [0, 0.1) is 0 Å². The summed E-state index contributed by atoms with van der Waals surface area (Å²) >= 11 is 0. The first-order chi connectivity index (χ1) is 9.79. The van der Waals surface area contributed by atoms with Gasteiger partial charge in [0.25, 0.3) is 0 Å². The quantitative estimate of drug-likeness (QED) is 0.772. The SMILES string of the molecule is CCCCn1cc(N)c(-c2cccc3ccccc23)n1. The Labute approximate surface area is 119 Å². The molecule has 3 rings (SSSR count). The lowest BCUT2D eigenvalue weighted by Crippen LogP contribution is -1.98. The second-order valence-corrected chi connectivity index (χ2v) is 5.08. The van der Waals surface area contributed by atoms with Gasteiger partial charge in [0.2, 0.25) is 0 Å². The van der Waals surface area contributed by atoms with E-state index in [2.05, 4.69) is 54.5 Å². The molecule has 0 spiro atoms. The lowest BCUT2D eigenvalue weighted by molar-refractivity contribution is 0.573. The van der Waals surface area contributed by atoms with Crippen molar-refractivity contribution < 1.29 is 0 Å². The van der Waals surface area contributed by atoms with Gasteiger partial charge in [-0.1, -0.05) is 55.8 Å². The maximum Gasteiger partial charge on any atom is 0.116 e. The molecule has 1 heterocycles. The third-order valence-corrected chi connectivity index (χ3v) is 3.58. The zero-order valence-electron chi connectivity index (χ0n) is 11.7. The molecule has 0 saturated carbocycles. The predicted octanol–water partition coefficient (Wildman–Crippen LogP) is 4.09. The van der Waals surface area contributed by atoms with Crippen LogP contribution in [0.2, 0.25) is 0 Å². The van der Waals surface area contributed by atoms with Crippen molar-refractivity contribution >= 4 is 16.5 Å². The van der Waals surface area contributed by atoms with Crippen LogP contribution in [0.3, 0.4) is 0 Å². The van der Waals surface area contributed by atoms with E-state index in [0.29, 0.717) is 0 Å². The van der Waals surface area contributed by atoms with Crippen molar-refractivity contribution in [2.45, 2.75) is 26.3 Å². The zero-order chi connectivity index (χ0) is 13.9. The number of benzene rings is 2. The van der Waals surface area contributed by atoms with Gasteiger partial charge in [0.15, 0.2) is 0 Å². The number of nitrogens with two attached hydrogens (primary N) is 1. The van der Waals surface area contributed by atoms with Gasteiger partial charge in [-0.05, 0) is 17.2 Å². The maximum atomic E-state index is 6.15. The van der Waals surface area contributed by atoms with Crippen LogP contribution in [-0.2, 0) is 6.54 Å². The number of rotatable bonds is 4. The Morgan fingerprint density at radius 1 is 1.10 bits per heavy atom. The summed E-state index contributed by atoms with van der Waals surface area (Å²) in [5.74, 6) is 0. The number of nitrogens with zero attached hydrogens (tertiary/aromatic N) is 2. The van der Waals surface area contributed by atoms with E-state index in [-0.39, 0.29) is 0 Å². The summed E-state index contributed by atoms with van der Waals surface area (Å²) in [7, 11) is 0. The molecule has 3 heteroatoms. The summed E-state index contributed by atoms with van der Waals surface area (Å²) in [6.45, 7) is 3.10. The number of aryl methyl sites for hydroxylation is 1. The molecule has 0 radical (unpaired) electrons. The first-order valence-electron chi connectivity index (χ1n) is 7.10. The van der Waals surface area contributed by atoms with Crippen LogP contribution in [0.5, 0.6) is 0 Å². The normalized spacial score (nSPS) is 11.1. The molecule has 2 aromatic carbocycles. The predicted molar refractivity (Wildman–Crippen MR) is 84.5 cm³/mol. The molecule has 3 aromatic rings. The number of hydrogen-bond donors (Lipinski definition) is 1. The molecule has 1 aromatic heterocycles. The molecule has 0 atom stereocenters. The lowest BCUT2D eigenvalue weighted by Gasteiger charge is -2.04. The molecule has 0 unspecified atom stereocenters. The van der Waals surface area contributed by atoms with E-state index < -0.39 is 0 Å². The highest BCUT2D eigenvalue weighted by atomic mass is 15.3. The first-order valence-corrected chi connectivity index (χ1v) is 7.10. The van der Waals surface area contributed by atoms with Gasteiger partial charge in [-0.3, -0.25) is 4.68 Å². The van der Waals surface area contributed by atoms with Crippen molar-refractivity contribution in [3.8, 4) is 11.3 Å². The van der Waals surface area contributed by atoms with E-state index in [1.165, 1.54) is 10.8 Å². The largest absolute Gasteiger partial charge is 0.396 e. The van der Waals surface area contributed by atoms with Crippen molar-refractivity contribution in [3.63, 3.8) is 0 Å². The molecule has 0 aliphatic carbocycles. The van der Waals surface area contributed by atoms with Crippen LogP contribution in [0.15, 0.2) is 48.7 Å². The van der Waals surface area contributed by atoms with Crippen LogP contribution in [0.1, 0.15) is 19.8 Å². The summed E-state index contributed by atoms with van der Waals surface area (Å²) in [5, 5.41) is 7.07. The van der Waals surface area contributed by atoms with Crippen LogP contribution >= 0.6 is 0 Å². The summed E-state index contributed by atoms with van der Waals surface area (Å²) < 4.78 is 1.95. The molecule has 0 amide bonds. The number of nitrogen functional groups attached to an aromatic ring is 1. The molecule has 0 saturated heterocycles. The molecule has 2 N–H and O–H groups in total. The van der Waals surface area contributed by atoms with Gasteiger partial charge < -0.3 is 5.73 Å². The molecule has 102 valence electrons. The van der Waals surface area contributed by atoms with E-state index >= 15 is 0 Å². The van der Waals surface area contributed by atoms with Gasteiger partial charge in [0.05, 0.1) is 5.69 Å². The topological polar surface area (TPSA) is 43.8 Å². The van der Waals surface area contributed by atoms with Crippen LogP contribution < -0.4 is 5.73 Å². The van der Waals surface area contributed by atoms with Crippen molar-refractivity contribution in [1.29, 1.82) is 0 Å². The van der Waals surface area contributed by atoms with Crippen LogP contribution in [0.25, 0.3) is 22.0 Å². The number of anilines is 1. The number of fused-ring (bicyclic) bond motifs is 1. The second-order valence-electron chi connectivity index (χ2n) is 5.08. The molecule has 0 bridgehead atoms. The Bertz CT molecular complexity index is 723. The van der Waals surface area contributed by atoms with E-state index in [4.69, 9.17) is 5.73 Å². The van der Waals surface area contributed by atoms with Crippen molar-refractivity contribution in [1.82, 2.24) is 9.78 Å². The van der Waals surface area contributed by atoms with E-state index in [0.717, 1.165) is 36.3 Å². The fourth-order valence-electron chi connectivity index (χ4n) is 2.51. The Morgan fingerprint density at radius 2 is 1.90 bits per heavy atom. The van der Waals surface area contributed by atoms with Gasteiger partial charge in [0.1, 0.15) is 5.69 Å². The molecule has 0 fully saturated rings. The highest BCUT2D eigenvalue weighted by molar-refractivity contribution is 5.97. The number of aromatic nitrogens is 2. The monoisotopic (exact) mass is 265 g/mol. The minimum atomic E-state index is 0.748. The van der Waals surface area contributed by atoms with Crippen LogP contribution in [0.4, 0.5) is 5.69 Å². The molecule has 0 aliphatic heterocycles. The summed E-state index contributed by atoms with van der Waals surface area (Å²) in [4.78, 5) is 0. The van der Waals surface area contributed by atoms with E-state index in [9.17, 15) is 0 Å². The molecule has 20 heavy (non-hydrogen) atoms. The zero-order valence-corrected chi connectivity index (χ0v) is 11.7. The van der Waals surface area contributed by atoms with Crippen molar-refractivity contribution in [2.75, 3.05) is 5.73 Å². The summed E-state index contributed by atoms with van der Waals surface area (Å²) in [6.07, 6.45) is 4.21. The first kappa shape index (κ1) is 12.7. The van der Waals surface area contributed by atoms with E-state index in [1.807, 2.05) is 10.9 Å². The smallest absolute Gasteiger partial charge is 0.116 e. The summed E-state index contributed by atoms with van der Waals surface area (Å²) in [5.41, 5.74) is 8.89. The van der Waals surface area contributed by atoms with Crippen molar-refractivity contribution in [2.24, 2.45) is 0 Å². The molecular formula is C17H19N3. The fourth-order valence-corrected chi connectivity index (χ4v) is 2.51. The Kier molecular flexibility index (Phi) is 3.42. The average molecular weight is 265 g/mol. The van der Waals surface area contributed by atoms with Gasteiger partial charge >= 0.3 is 0 Å². The van der Waals surface area contributed by atoms with Crippen molar-refractivity contribution in [3.05, 3.63) is 48.7 Å². The molecule has 3 nitrogen and oxygen atoms in total. The Morgan fingerprint density at radius 3 is 2.75 bits per heavy atom. The number of hydrogen-bond acceptors (Lipinski definition) is 2. The molecule has 0 aliphatic rings. The third-order valence-electron chi connectivity index (χ3n) is 3.58. The number of unbranched alkanes of at least 4 members (excludes halogenated alkanes) is 1. The third kappa shape index (κ3) is 2.27. The summed E-state index contributed by atoms with van der Waals surface area (Å²) in [6, 6.07) is 14.6. The maximum absolute atomic E-state index is 6.15. The highest BCUT2D eigenvalue weighted by Crippen LogP contribution is 2.31. The minimum Gasteiger partial charge on any atom is -0.396 e. The van der Waals surface area contributed by atoms with Gasteiger partial charge in [-0.2, -0.15) is 5.10 Å². The Balaban J connectivity index is 2.09. The van der Waals surface area contributed by atoms with Gasteiger partial charge in [-0.25, -0.2) is 0 Å². The Hall–Kier alpha value is -2.29. The fraction of sp³-hybridized carbons (Fsp3) is 0.235. The highest BCUT2D eigenvalue weighted by Gasteiger charge is 2.11. The standard InChI is InChI=1S/C17H19N3/c1-2-3-11-20-12-16(18)17(19-20)15-10-6-8-13-7-4-5-9-14(13)15/h4-10,12H,2-3,11,18H2,1H3. The van der Waals surface area contributed by atoms with Gasteiger partial charge in [-0.15, -0.1) is 0 Å². The van der Waals surface area contributed by atoms with Crippen LogP contribution in [-0.4, -0.2) is 9.78 Å². The van der Waals surface area contributed by atoms with E-state index in [1.54, 1.807) is 0 Å². The lowest BCUT2D eigenvalue weighted by atomic mass is 10.0.